The molecule has 2 fully saturated rings. The Balaban J connectivity index is 1.59. The third-order valence-electron chi connectivity index (χ3n) is 4.11. The van der Waals surface area contributed by atoms with Gasteiger partial charge in [-0.2, -0.15) is 4.98 Å². The minimum atomic E-state index is 0.00566. The van der Waals surface area contributed by atoms with Crippen molar-refractivity contribution < 1.29 is 9.32 Å². The van der Waals surface area contributed by atoms with Crippen LogP contribution >= 0.6 is 0 Å². The van der Waals surface area contributed by atoms with Crippen LogP contribution < -0.4 is 0 Å². The van der Waals surface area contributed by atoms with Crippen LogP contribution in [0.4, 0.5) is 0 Å². The molecule has 0 aromatic carbocycles. The summed E-state index contributed by atoms with van der Waals surface area (Å²) in [6.45, 7) is 8.69. The molecule has 6 nitrogen and oxygen atoms in total. The maximum atomic E-state index is 11.5. The van der Waals surface area contributed by atoms with Crippen LogP contribution in [0.15, 0.2) is 17.2 Å². The number of rotatable bonds is 4. The third-order valence-corrected chi connectivity index (χ3v) is 4.11. The van der Waals surface area contributed by atoms with Gasteiger partial charge in [-0.25, -0.2) is 0 Å². The van der Waals surface area contributed by atoms with Crippen molar-refractivity contribution in [2.24, 2.45) is 0 Å². The quantitative estimate of drug-likeness (QED) is 0.777. The molecule has 1 aromatic rings. The second-order valence-corrected chi connectivity index (χ2v) is 5.51. The lowest BCUT2D eigenvalue weighted by Crippen LogP contribution is -2.48. The van der Waals surface area contributed by atoms with E-state index in [2.05, 4.69) is 28.5 Å². The van der Waals surface area contributed by atoms with Crippen LogP contribution in [0, 0.1) is 0 Å². The minimum absolute atomic E-state index is 0.00566. The first-order valence-electron chi connectivity index (χ1n) is 7.18. The van der Waals surface area contributed by atoms with E-state index in [-0.39, 0.29) is 11.9 Å². The number of amides is 1. The van der Waals surface area contributed by atoms with Crippen molar-refractivity contribution >= 4 is 5.91 Å². The summed E-state index contributed by atoms with van der Waals surface area (Å²) in [7, 11) is 0. The number of carbonyl (C=O) groups excluding carboxylic acids is 1. The molecule has 0 radical (unpaired) electrons. The van der Waals surface area contributed by atoms with E-state index < -0.39 is 0 Å². The highest BCUT2D eigenvalue weighted by Crippen LogP contribution is 2.38. The van der Waals surface area contributed by atoms with E-state index in [0.29, 0.717) is 11.8 Å². The first kappa shape index (κ1) is 13.3. The third kappa shape index (κ3) is 2.60. The average molecular weight is 276 g/mol. The van der Waals surface area contributed by atoms with Gasteiger partial charge >= 0.3 is 0 Å². The first-order valence-corrected chi connectivity index (χ1v) is 7.18. The van der Waals surface area contributed by atoms with Gasteiger partial charge in [0.15, 0.2) is 5.82 Å². The van der Waals surface area contributed by atoms with Crippen LogP contribution in [0.2, 0.25) is 0 Å². The van der Waals surface area contributed by atoms with Crippen LogP contribution in [0.5, 0.6) is 0 Å². The summed E-state index contributed by atoms with van der Waals surface area (Å²) in [5.74, 6) is 2.07. The summed E-state index contributed by atoms with van der Waals surface area (Å²) in [6.07, 6.45) is 3.73. The smallest absolute Gasteiger partial charge is 0.246 e. The van der Waals surface area contributed by atoms with Crippen molar-refractivity contribution in [3.8, 4) is 0 Å². The minimum Gasteiger partial charge on any atom is -0.338 e. The summed E-state index contributed by atoms with van der Waals surface area (Å²) in [5.41, 5.74) is 0. The average Bonchev–Trinajstić information content (AvgIpc) is 3.23. The van der Waals surface area contributed by atoms with Crippen LogP contribution in [0.25, 0.3) is 0 Å². The van der Waals surface area contributed by atoms with E-state index in [1.807, 2.05) is 4.90 Å². The zero-order chi connectivity index (χ0) is 14.1. The Morgan fingerprint density at radius 2 is 2.10 bits per heavy atom. The van der Waals surface area contributed by atoms with E-state index in [1.165, 1.54) is 18.9 Å². The molecule has 2 heterocycles. The molecule has 0 N–H and O–H groups in total. The fourth-order valence-corrected chi connectivity index (χ4v) is 2.54. The molecule has 1 aliphatic carbocycles. The number of carbonyl (C=O) groups is 1. The van der Waals surface area contributed by atoms with Crippen LogP contribution in [-0.4, -0.2) is 52.0 Å². The van der Waals surface area contributed by atoms with Crippen LogP contribution in [0.3, 0.4) is 0 Å². The molecule has 1 saturated heterocycles. The first-order chi connectivity index (χ1) is 9.69. The Morgan fingerprint density at radius 1 is 1.40 bits per heavy atom. The summed E-state index contributed by atoms with van der Waals surface area (Å²) < 4.78 is 5.38. The number of piperazine rings is 1. The van der Waals surface area contributed by atoms with E-state index in [0.717, 1.165) is 32.0 Å². The maximum absolute atomic E-state index is 11.5. The molecule has 1 unspecified atom stereocenters. The standard InChI is InChI=1S/C14H20N4O2/c1-3-12(19)18-8-6-17(7-9-18)10(2)14-15-13(16-20-14)11-4-5-11/h3,10-11H,1,4-9H2,2H3. The fraction of sp³-hybridized carbons (Fsp3) is 0.643. The van der Waals surface area contributed by atoms with E-state index in [1.54, 1.807) is 0 Å². The molecule has 0 spiro atoms. The van der Waals surface area contributed by atoms with Crippen molar-refractivity contribution in [3.05, 3.63) is 24.4 Å². The van der Waals surface area contributed by atoms with Gasteiger partial charge in [0.2, 0.25) is 11.8 Å². The van der Waals surface area contributed by atoms with Crippen LogP contribution in [-0.2, 0) is 4.79 Å². The van der Waals surface area contributed by atoms with Gasteiger partial charge in [0, 0.05) is 32.1 Å². The van der Waals surface area contributed by atoms with E-state index in [9.17, 15) is 4.79 Å². The fourth-order valence-electron chi connectivity index (χ4n) is 2.54. The molecule has 0 bridgehead atoms. The second kappa shape index (κ2) is 5.36. The Kier molecular flexibility index (Phi) is 3.56. The summed E-state index contributed by atoms with van der Waals surface area (Å²) in [4.78, 5) is 20.1. The molecule has 2 aliphatic rings. The summed E-state index contributed by atoms with van der Waals surface area (Å²) in [5, 5.41) is 4.06. The number of aromatic nitrogens is 2. The molecular formula is C14H20N4O2. The highest BCUT2D eigenvalue weighted by atomic mass is 16.5. The molecule has 3 rings (SSSR count). The van der Waals surface area contributed by atoms with Crippen LogP contribution in [0.1, 0.15) is 43.4 Å². The molecule has 1 saturated carbocycles. The largest absolute Gasteiger partial charge is 0.338 e. The number of nitrogens with zero attached hydrogens (tertiary/aromatic N) is 4. The van der Waals surface area contributed by atoms with Crippen molar-refractivity contribution in [1.29, 1.82) is 0 Å². The zero-order valence-electron chi connectivity index (χ0n) is 11.8. The molecule has 6 heteroatoms. The van der Waals surface area contributed by atoms with Gasteiger partial charge in [0.25, 0.3) is 0 Å². The summed E-state index contributed by atoms with van der Waals surface area (Å²) in [6, 6.07) is 0.107. The molecule has 1 aliphatic heterocycles. The highest BCUT2D eigenvalue weighted by Gasteiger charge is 2.31. The normalized spacial score (nSPS) is 21.8. The van der Waals surface area contributed by atoms with Gasteiger partial charge in [-0.15, -0.1) is 0 Å². The lowest BCUT2D eigenvalue weighted by Gasteiger charge is -2.36. The molecule has 1 aromatic heterocycles. The molecular weight excluding hydrogens is 256 g/mol. The molecule has 20 heavy (non-hydrogen) atoms. The SMILES string of the molecule is C=CC(=O)N1CCN(C(C)c2nc(C3CC3)no2)CC1. The predicted octanol–water partition coefficient (Wildman–Crippen LogP) is 1.34. The number of hydrogen-bond donors (Lipinski definition) is 0. The van der Waals surface area contributed by atoms with Gasteiger partial charge in [-0.05, 0) is 25.8 Å². The van der Waals surface area contributed by atoms with Crippen molar-refractivity contribution in [1.82, 2.24) is 19.9 Å². The Labute approximate surface area is 118 Å². The lowest BCUT2D eigenvalue weighted by molar-refractivity contribution is -0.128. The lowest BCUT2D eigenvalue weighted by atomic mass is 10.2. The van der Waals surface area contributed by atoms with E-state index >= 15 is 0 Å². The Hall–Kier alpha value is -1.69. The summed E-state index contributed by atoms with van der Waals surface area (Å²) >= 11 is 0. The van der Waals surface area contributed by atoms with E-state index in [4.69, 9.17) is 4.52 Å². The molecule has 1 atom stereocenters. The second-order valence-electron chi connectivity index (χ2n) is 5.51. The highest BCUT2D eigenvalue weighted by molar-refractivity contribution is 5.87. The maximum Gasteiger partial charge on any atom is 0.246 e. The Bertz CT molecular complexity index is 501. The molecule has 1 amide bonds. The van der Waals surface area contributed by atoms with Crippen molar-refractivity contribution in [2.45, 2.75) is 31.7 Å². The molecule has 108 valence electrons. The van der Waals surface area contributed by atoms with Gasteiger partial charge in [0.1, 0.15) is 0 Å². The monoisotopic (exact) mass is 276 g/mol. The zero-order valence-corrected chi connectivity index (χ0v) is 11.8. The van der Waals surface area contributed by atoms with Gasteiger partial charge < -0.3 is 9.42 Å². The van der Waals surface area contributed by atoms with Gasteiger partial charge in [0.05, 0.1) is 6.04 Å². The predicted molar refractivity (Wildman–Crippen MR) is 73.0 cm³/mol. The number of hydrogen-bond acceptors (Lipinski definition) is 5. The van der Waals surface area contributed by atoms with Gasteiger partial charge in [-0.3, -0.25) is 9.69 Å². The Morgan fingerprint density at radius 3 is 2.70 bits per heavy atom. The van der Waals surface area contributed by atoms with Gasteiger partial charge in [-0.1, -0.05) is 11.7 Å². The topological polar surface area (TPSA) is 62.5 Å². The van der Waals surface area contributed by atoms with Crippen molar-refractivity contribution in [3.63, 3.8) is 0 Å². The van der Waals surface area contributed by atoms with Crippen molar-refractivity contribution in [2.75, 3.05) is 26.2 Å².